The maximum absolute atomic E-state index is 13.7. The largest absolute Gasteiger partial charge is 0.395 e. The monoisotopic (exact) mass is 439 g/mol. The molecule has 0 unspecified atom stereocenters. The molecule has 4 rings (SSSR count). The van der Waals surface area contributed by atoms with Crippen LogP contribution in [0.4, 0.5) is 15.9 Å². The number of aliphatic hydroxyl groups excluding tert-OH is 1. The summed E-state index contributed by atoms with van der Waals surface area (Å²) in [6.07, 6.45) is 1.71. The van der Waals surface area contributed by atoms with Gasteiger partial charge in [0.05, 0.1) is 43.1 Å². The molecule has 0 spiro atoms. The number of aliphatic hydroxyl groups is 1. The lowest BCUT2D eigenvalue weighted by Gasteiger charge is -2.28. The number of rotatable bonds is 7. The number of fused-ring (bicyclic) bond motifs is 1. The predicted molar refractivity (Wildman–Crippen MR) is 120 cm³/mol. The zero-order chi connectivity index (χ0) is 22.5. The van der Waals surface area contributed by atoms with Crippen molar-refractivity contribution in [3.8, 4) is 0 Å². The number of nitrogens with zero attached hydrogens (tertiary/aromatic N) is 3. The third kappa shape index (κ3) is 4.95. The molecular weight excluding hydrogens is 413 g/mol. The number of morpholine rings is 1. The number of amides is 1. The van der Waals surface area contributed by atoms with Crippen LogP contribution in [-0.4, -0.2) is 60.4 Å². The van der Waals surface area contributed by atoms with E-state index >= 15 is 0 Å². The standard InChI is InChI=1S/C23H26FN5O3/c1-15(27-18-4-2-3-17(24)13-18)19-11-16(23(31)25-5-8-30)12-20-22(19)28-21(14-26-20)29-6-9-32-10-7-29/h2-4,11-15,27,30H,5-10H2,1H3,(H,25,31)/t15-/m0/s1. The van der Waals surface area contributed by atoms with Crippen molar-refractivity contribution in [1.29, 1.82) is 0 Å². The number of carbonyl (C=O) groups is 1. The molecule has 3 N–H and O–H groups in total. The molecule has 0 bridgehead atoms. The van der Waals surface area contributed by atoms with Crippen molar-refractivity contribution in [2.75, 3.05) is 49.7 Å². The van der Waals surface area contributed by atoms with Crippen molar-refractivity contribution in [3.05, 3.63) is 59.5 Å². The van der Waals surface area contributed by atoms with Gasteiger partial charge in [-0.2, -0.15) is 0 Å². The van der Waals surface area contributed by atoms with E-state index in [2.05, 4.69) is 20.5 Å². The van der Waals surface area contributed by atoms with Gasteiger partial charge in [0.15, 0.2) is 0 Å². The summed E-state index contributed by atoms with van der Waals surface area (Å²) in [4.78, 5) is 24.1. The minimum absolute atomic E-state index is 0.146. The van der Waals surface area contributed by atoms with E-state index in [-0.39, 0.29) is 30.9 Å². The number of halogens is 1. The normalized spacial score (nSPS) is 14.9. The van der Waals surface area contributed by atoms with Gasteiger partial charge in [-0.3, -0.25) is 9.78 Å². The highest BCUT2D eigenvalue weighted by molar-refractivity contribution is 5.98. The molecule has 168 valence electrons. The molecule has 9 heteroatoms. The van der Waals surface area contributed by atoms with E-state index < -0.39 is 0 Å². The predicted octanol–water partition coefficient (Wildman–Crippen LogP) is 2.50. The molecule has 1 amide bonds. The molecule has 1 aromatic heterocycles. The van der Waals surface area contributed by atoms with Gasteiger partial charge < -0.3 is 25.4 Å². The Balaban J connectivity index is 1.74. The van der Waals surface area contributed by atoms with E-state index in [1.165, 1.54) is 12.1 Å². The first-order valence-electron chi connectivity index (χ1n) is 10.6. The second-order valence-electron chi connectivity index (χ2n) is 7.62. The maximum atomic E-state index is 13.7. The van der Waals surface area contributed by atoms with Gasteiger partial charge in [-0.05, 0) is 37.3 Å². The second kappa shape index (κ2) is 9.88. The molecule has 0 saturated carbocycles. The lowest BCUT2D eigenvalue weighted by molar-refractivity contribution is 0.0944. The Morgan fingerprint density at radius 1 is 1.28 bits per heavy atom. The smallest absolute Gasteiger partial charge is 0.251 e. The summed E-state index contributed by atoms with van der Waals surface area (Å²) >= 11 is 0. The van der Waals surface area contributed by atoms with Crippen molar-refractivity contribution in [1.82, 2.24) is 15.3 Å². The van der Waals surface area contributed by atoms with Gasteiger partial charge in [0.2, 0.25) is 0 Å². The second-order valence-corrected chi connectivity index (χ2v) is 7.62. The van der Waals surface area contributed by atoms with Gasteiger partial charge in [-0.1, -0.05) is 6.07 Å². The van der Waals surface area contributed by atoms with Crippen LogP contribution in [0.25, 0.3) is 11.0 Å². The molecule has 0 radical (unpaired) electrons. The minimum Gasteiger partial charge on any atom is -0.395 e. The highest BCUT2D eigenvalue weighted by Gasteiger charge is 2.19. The van der Waals surface area contributed by atoms with Gasteiger partial charge in [0, 0.05) is 36.4 Å². The Bertz CT molecular complexity index is 1100. The SMILES string of the molecule is C[C@H](Nc1cccc(F)c1)c1cc(C(=O)NCCO)cc2ncc(N3CCOCC3)nc12. The van der Waals surface area contributed by atoms with E-state index in [0.717, 1.165) is 24.5 Å². The summed E-state index contributed by atoms with van der Waals surface area (Å²) in [5.74, 6) is 0.107. The van der Waals surface area contributed by atoms with Crippen LogP contribution < -0.4 is 15.5 Å². The molecule has 3 aromatic rings. The van der Waals surface area contributed by atoms with E-state index in [0.29, 0.717) is 35.5 Å². The summed E-state index contributed by atoms with van der Waals surface area (Å²) in [5, 5.41) is 15.0. The zero-order valence-electron chi connectivity index (χ0n) is 17.8. The number of hydrogen-bond donors (Lipinski definition) is 3. The fourth-order valence-corrected chi connectivity index (χ4v) is 3.72. The fraction of sp³-hybridized carbons (Fsp3) is 0.348. The third-order valence-corrected chi connectivity index (χ3v) is 5.33. The molecule has 32 heavy (non-hydrogen) atoms. The van der Waals surface area contributed by atoms with Crippen LogP contribution >= 0.6 is 0 Å². The minimum atomic E-state index is -0.335. The van der Waals surface area contributed by atoms with Crippen LogP contribution in [0.3, 0.4) is 0 Å². The molecule has 1 atom stereocenters. The summed E-state index contributed by atoms with van der Waals surface area (Å²) in [7, 11) is 0. The Hall–Kier alpha value is -3.30. The molecule has 1 fully saturated rings. The highest BCUT2D eigenvalue weighted by atomic mass is 19.1. The zero-order valence-corrected chi connectivity index (χ0v) is 17.8. The van der Waals surface area contributed by atoms with E-state index in [4.69, 9.17) is 14.8 Å². The Kier molecular flexibility index (Phi) is 6.77. The molecule has 2 aromatic carbocycles. The van der Waals surface area contributed by atoms with Crippen LogP contribution in [0.15, 0.2) is 42.6 Å². The lowest BCUT2D eigenvalue weighted by atomic mass is 10.0. The molecule has 1 aliphatic heterocycles. The summed E-state index contributed by atoms with van der Waals surface area (Å²) in [5.41, 5.74) is 3.06. The van der Waals surface area contributed by atoms with Gasteiger partial charge in [0.1, 0.15) is 11.6 Å². The lowest BCUT2D eigenvalue weighted by Crippen LogP contribution is -2.36. The fourth-order valence-electron chi connectivity index (χ4n) is 3.72. The van der Waals surface area contributed by atoms with Gasteiger partial charge >= 0.3 is 0 Å². The Morgan fingerprint density at radius 2 is 2.09 bits per heavy atom. The number of nitrogens with one attached hydrogen (secondary N) is 2. The Morgan fingerprint density at radius 3 is 2.84 bits per heavy atom. The first kappa shape index (κ1) is 21.9. The number of ether oxygens (including phenoxy) is 1. The molecule has 8 nitrogen and oxygen atoms in total. The van der Waals surface area contributed by atoms with Crippen molar-refractivity contribution in [2.45, 2.75) is 13.0 Å². The maximum Gasteiger partial charge on any atom is 0.251 e. The first-order valence-corrected chi connectivity index (χ1v) is 10.6. The molecule has 2 heterocycles. The molecule has 0 aliphatic carbocycles. The van der Waals surface area contributed by atoms with Crippen LogP contribution in [0, 0.1) is 5.82 Å². The van der Waals surface area contributed by atoms with Crippen LogP contribution in [0.5, 0.6) is 0 Å². The van der Waals surface area contributed by atoms with E-state index in [1.807, 2.05) is 6.92 Å². The number of carbonyl (C=O) groups excluding carboxylic acids is 1. The summed E-state index contributed by atoms with van der Waals surface area (Å²) < 4.78 is 19.1. The summed E-state index contributed by atoms with van der Waals surface area (Å²) in [6, 6.07) is 9.40. The number of hydrogen-bond acceptors (Lipinski definition) is 7. The summed E-state index contributed by atoms with van der Waals surface area (Å²) in [6.45, 7) is 4.67. The number of anilines is 2. The van der Waals surface area contributed by atoms with E-state index in [1.54, 1.807) is 30.5 Å². The van der Waals surface area contributed by atoms with Gasteiger partial charge in [0.25, 0.3) is 5.91 Å². The van der Waals surface area contributed by atoms with Crippen LogP contribution in [0.2, 0.25) is 0 Å². The van der Waals surface area contributed by atoms with E-state index in [9.17, 15) is 9.18 Å². The van der Waals surface area contributed by atoms with Crippen molar-refractivity contribution in [3.63, 3.8) is 0 Å². The average Bonchev–Trinajstić information content (AvgIpc) is 2.82. The Labute approximate surface area is 185 Å². The van der Waals surface area contributed by atoms with Crippen LogP contribution in [-0.2, 0) is 4.74 Å². The number of benzene rings is 2. The topological polar surface area (TPSA) is 99.6 Å². The highest BCUT2D eigenvalue weighted by Crippen LogP contribution is 2.28. The van der Waals surface area contributed by atoms with Gasteiger partial charge in [-0.25, -0.2) is 9.37 Å². The third-order valence-electron chi connectivity index (χ3n) is 5.33. The molecular formula is C23H26FN5O3. The first-order chi connectivity index (χ1) is 15.5. The van der Waals surface area contributed by atoms with Crippen molar-refractivity contribution < 1.29 is 19.0 Å². The van der Waals surface area contributed by atoms with Crippen molar-refractivity contribution >= 4 is 28.4 Å². The average molecular weight is 439 g/mol. The van der Waals surface area contributed by atoms with Gasteiger partial charge in [-0.15, -0.1) is 0 Å². The van der Waals surface area contributed by atoms with Crippen LogP contribution in [0.1, 0.15) is 28.9 Å². The molecule has 1 aliphatic rings. The molecule has 1 saturated heterocycles. The van der Waals surface area contributed by atoms with Crippen molar-refractivity contribution in [2.24, 2.45) is 0 Å². The number of aromatic nitrogens is 2. The quantitative estimate of drug-likeness (QED) is 0.520.